The van der Waals surface area contributed by atoms with E-state index in [1.54, 1.807) is 31.8 Å². The van der Waals surface area contributed by atoms with Crippen molar-refractivity contribution in [3.8, 4) is 5.88 Å². The van der Waals surface area contributed by atoms with Crippen LogP contribution in [0.15, 0.2) is 47.9 Å². The number of nitrogens with zero attached hydrogens (tertiary/aromatic N) is 5. The van der Waals surface area contributed by atoms with E-state index in [1.807, 2.05) is 17.6 Å². The lowest BCUT2D eigenvalue weighted by molar-refractivity contribution is -0.662. The first kappa shape index (κ1) is 21.6. The predicted octanol–water partition coefficient (Wildman–Crippen LogP) is 1.80. The Morgan fingerprint density at radius 2 is 2.00 bits per heavy atom. The molecule has 0 aliphatic heterocycles. The van der Waals surface area contributed by atoms with Crippen LogP contribution in [0.5, 0.6) is 5.88 Å². The highest BCUT2D eigenvalue weighted by Gasteiger charge is 2.25. The zero-order valence-electron chi connectivity index (χ0n) is 17.9. The minimum atomic E-state index is -3.93. The fourth-order valence-electron chi connectivity index (χ4n) is 3.41. The molecule has 1 N–H and O–H groups in total. The molecule has 0 spiro atoms. The van der Waals surface area contributed by atoms with Crippen LogP contribution in [0.3, 0.4) is 0 Å². The summed E-state index contributed by atoms with van der Waals surface area (Å²) in [7, 11) is -1.11. The third kappa shape index (κ3) is 3.86. The van der Waals surface area contributed by atoms with Gasteiger partial charge >= 0.3 is 0 Å². The minimum absolute atomic E-state index is 0.0249. The molecule has 4 aromatic heterocycles. The molecule has 0 fully saturated rings. The molecule has 166 valence electrons. The van der Waals surface area contributed by atoms with Crippen molar-refractivity contribution in [3.05, 3.63) is 48.7 Å². The Morgan fingerprint density at radius 3 is 2.69 bits per heavy atom. The van der Waals surface area contributed by atoms with Crippen LogP contribution < -0.4 is 9.30 Å². The van der Waals surface area contributed by atoms with Gasteiger partial charge in [0.05, 0.1) is 24.4 Å². The number of hydrogen-bond donors (Lipinski definition) is 1. The molecule has 4 rings (SSSR count). The second kappa shape index (κ2) is 8.50. The van der Waals surface area contributed by atoms with E-state index in [1.165, 1.54) is 19.3 Å². The van der Waals surface area contributed by atoms with Crippen molar-refractivity contribution >= 4 is 38.0 Å². The molecule has 0 bridgehead atoms. The molecular formula is C21H23N6O4S+. The summed E-state index contributed by atoms with van der Waals surface area (Å²) in [6.45, 7) is 2.22. The summed E-state index contributed by atoms with van der Waals surface area (Å²) in [5.74, 6) is 0.0314. The Labute approximate surface area is 184 Å². The smallest absolute Gasteiger partial charge is 0.267 e. The highest BCUT2D eigenvalue weighted by Crippen LogP contribution is 2.21. The number of sulfonamides is 1. The fourth-order valence-corrected chi connectivity index (χ4v) is 4.51. The molecule has 0 saturated carbocycles. The molecule has 1 amide bonds. The molecule has 0 atom stereocenters. The number of nitrogens with one attached hydrogen (secondary N) is 1. The van der Waals surface area contributed by atoms with E-state index >= 15 is 0 Å². The molecule has 0 aliphatic rings. The van der Waals surface area contributed by atoms with Crippen LogP contribution in [0, 0.1) is 0 Å². The molecule has 0 radical (unpaired) electrons. The van der Waals surface area contributed by atoms with Crippen molar-refractivity contribution in [2.24, 2.45) is 0 Å². The molecule has 11 heteroatoms. The maximum atomic E-state index is 12.7. The monoisotopic (exact) mass is 455 g/mol. The van der Waals surface area contributed by atoms with E-state index in [0.717, 1.165) is 20.7 Å². The number of ether oxygens (including phenoxy) is 1. The number of carbonyl (C=O) groups excluding carboxylic acids is 1. The van der Waals surface area contributed by atoms with Gasteiger partial charge < -0.3 is 4.74 Å². The van der Waals surface area contributed by atoms with Crippen LogP contribution in [0.2, 0.25) is 0 Å². The summed E-state index contributed by atoms with van der Waals surface area (Å²) >= 11 is 0. The lowest BCUT2D eigenvalue weighted by Gasteiger charge is -2.17. The normalized spacial score (nSPS) is 11.7. The van der Waals surface area contributed by atoms with Crippen molar-refractivity contribution in [1.29, 1.82) is 0 Å². The number of rotatable bonds is 7. The van der Waals surface area contributed by atoms with E-state index in [9.17, 15) is 13.2 Å². The first-order valence-corrected chi connectivity index (χ1v) is 11.5. The van der Waals surface area contributed by atoms with E-state index in [-0.39, 0.29) is 11.3 Å². The van der Waals surface area contributed by atoms with Gasteiger partial charge in [0, 0.05) is 25.7 Å². The van der Waals surface area contributed by atoms with Gasteiger partial charge in [-0.3, -0.25) is 9.78 Å². The van der Waals surface area contributed by atoms with Crippen molar-refractivity contribution in [2.75, 3.05) is 14.2 Å². The van der Waals surface area contributed by atoms with Gasteiger partial charge in [-0.25, -0.2) is 27.3 Å². The standard InChI is InChI=1S/C21H22N6O4S/c1-4-5-19(28)26(2)32(29,30)15-7-6-14(22-10-15)12-27-13-24-17-11-23-21-16(20(17)27)8-9-18(25-21)31-3/h6-11,13H,4-5,12H2,1-3H3/p+1. The SMILES string of the molecule is CCCC(=O)N(C)S(=O)(=O)c1ccc(C[n+]2c[nH]c3cnc4nc(OC)ccc4c32)nc1. The quantitative estimate of drug-likeness (QED) is 0.422. The van der Waals surface area contributed by atoms with Crippen molar-refractivity contribution in [2.45, 2.75) is 31.2 Å². The number of hydrogen-bond acceptors (Lipinski definition) is 7. The van der Waals surface area contributed by atoms with Gasteiger partial charge in [0.1, 0.15) is 11.4 Å². The molecule has 0 aliphatic carbocycles. The molecule has 32 heavy (non-hydrogen) atoms. The van der Waals surface area contributed by atoms with Crippen LogP contribution >= 0.6 is 0 Å². The number of carbonyl (C=O) groups is 1. The largest absolute Gasteiger partial charge is 0.481 e. The highest BCUT2D eigenvalue weighted by molar-refractivity contribution is 7.89. The molecule has 0 unspecified atom stereocenters. The number of aromatic amines is 1. The third-order valence-corrected chi connectivity index (χ3v) is 6.91. The zero-order chi connectivity index (χ0) is 22.9. The van der Waals surface area contributed by atoms with Crippen LogP contribution in [0.1, 0.15) is 25.5 Å². The Balaban J connectivity index is 1.64. The molecular weight excluding hydrogens is 432 g/mol. The first-order valence-electron chi connectivity index (χ1n) is 10.0. The second-order valence-corrected chi connectivity index (χ2v) is 9.22. The van der Waals surface area contributed by atoms with Crippen molar-refractivity contribution in [1.82, 2.24) is 24.2 Å². The average Bonchev–Trinajstić information content (AvgIpc) is 3.21. The van der Waals surface area contributed by atoms with Gasteiger partial charge in [0.15, 0.2) is 16.7 Å². The van der Waals surface area contributed by atoms with Crippen LogP contribution in [-0.2, 0) is 21.4 Å². The van der Waals surface area contributed by atoms with Gasteiger partial charge in [0.2, 0.25) is 18.1 Å². The first-order chi connectivity index (χ1) is 15.3. The second-order valence-electron chi connectivity index (χ2n) is 7.25. The number of pyridine rings is 3. The summed E-state index contributed by atoms with van der Waals surface area (Å²) < 4.78 is 33.3. The third-order valence-electron chi connectivity index (χ3n) is 5.15. The van der Waals surface area contributed by atoms with E-state index in [4.69, 9.17) is 4.74 Å². The Bertz CT molecular complexity index is 1400. The highest BCUT2D eigenvalue weighted by atomic mass is 32.2. The van der Waals surface area contributed by atoms with Gasteiger partial charge in [-0.15, -0.1) is 0 Å². The minimum Gasteiger partial charge on any atom is -0.481 e. The number of amides is 1. The summed E-state index contributed by atoms with van der Waals surface area (Å²) in [6.07, 6.45) is 5.53. The topological polar surface area (TPSA) is 122 Å². The number of H-pyrrole nitrogens is 1. The Morgan fingerprint density at radius 1 is 1.19 bits per heavy atom. The maximum Gasteiger partial charge on any atom is 0.267 e. The molecule has 0 saturated heterocycles. The van der Waals surface area contributed by atoms with Gasteiger partial charge in [-0.1, -0.05) is 6.92 Å². The van der Waals surface area contributed by atoms with Gasteiger partial charge in [-0.05, 0) is 24.6 Å². The van der Waals surface area contributed by atoms with Crippen molar-refractivity contribution in [3.63, 3.8) is 0 Å². The Hall–Kier alpha value is -3.60. The van der Waals surface area contributed by atoms with Crippen LogP contribution in [-0.4, -0.2) is 52.7 Å². The summed E-state index contributed by atoms with van der Waals surface area (Å²) in [5, 5.41) is 0.847. The number of imidazole rings is 1. The predicted molar refractivity (Wildman–Crippen MR) is 116 cm³/mol. The molecule has 0 aromatic carbocycles. The van der Waals surface area contributed by atoms with Crippen molar-refractivity contribution < 1.29 is 22.5 Å². The van der Waals surface area contributed by atoms with E-state index in [2.05, 4.69) is 19.9 Å². The van der Waals surface area contributed by atoms with E-state index in [0.29, 0.717) is 30.2 Å². The summed E-state index contributed by atoms with van der Waals surface area (Å²) in [5.41, 5.74) is 2.94. The molecule has 10 nitrogen and oxygen atoms in total. The molecule has 4 aromatic rings. The summed E-state index contributed by atoms with van der Waals surface area (Å²) in [4.78, 5) is 28.2. The zero-order valence-corrected chi connectivity index (χ0v) is 18.8. The molecule has 4 heterocycles. The van der Waals surface area contributed by atoms with E-state index < -0.39 is 15.9 Å². The number of aromatic nitrogens is 5. The fraction of sp³-hybridized carbons (Fsp3) is 0.286. The average molecular weight is 456 g/mol. The lowest BCUT2D eigenvalue weighted by atomic mass is 10.2. The van der Waals surface area contributed by atoms with Crippen LogP contribution in [0.4, 0.5) is 0 Å². The Kier molecular flexibility index (Phi) is 5.74. The number of methoxy groups -OCH3 is 1. The maximum absolute atomic E-state index is 12.7. The summed E-state index contributed by atoms with van der Waals surface area (Å²) in [6, 6.07) is 6.78. The van der Waals surface area contributed by atoms with Crippen LogP contribution in [0.25, 0.3) is 22.1 Å². The van der Waals surface area contributed by atoms with Gasteiger partial charge in [-0.2, -0.15) is 4.98 Å². The lowest BCUT2D eigenvalue weighted by Crippen LogP contribution is -2.34. The number of fused-ring (bicyclic) bond motifs is 3. The van der Waals surface area contributed by atoms with Gasteiger partial charge in [0.25, 0.3) is 10.0 Å².